The van der Waals surface area contributed by atoms with Crippen LogP contribution in [0.3, 0.4) is 0 Å². The van der Waals surface area contributed by atoms with Crippen molar-refractivity contribution in [3.8, 4) is 10.8 Å². The van der Waals surface area contributed by atoms with Crippen LogP contribution < -0.4 is 5.56 Å². The van der Waals surface area contributed by atoms with Gasteiger partial charge in [-0.05, 0) is 30.0 Å². The monoisotopic (exact) mass is 414 g/mol. The number of nitrogens with zero attached hydrogens (tertiary/aromatic N) is 3. The lowest BCUT2D eigenvalue weighted by atomic mass is 10.2. The number of H-pyrrole nitrogens is 1. The van der Waals surface area contributed by atoms with Crippen LogP contribution in [0, 0.1) is 0 Å². The largest absolute Gasteiger partial charge is 0.462 e. The van der Waals surface area contributed by atoms with Crippen LogP contribution in [0.2, 0.25) is 0 Å². The standard InChI is InChI=1S/C19H18N4O3S2/c1-2-6-23(10-15-21-13-5-8-27-17(13)18(25)22-15)16(24)9-12-11-28-19(20-12)14-4-3-7-26-14/h3-5,7-8,11H,2,6,9-10H2,1H3,(H,21,22,25). The third kappa shape index (κ3) is 3.90. The molecule has 9 heteroatoms. The summed E-state index contributed by atoms with van der Waals surface area (Å²) in [6, 6.07) is 5.47. The molecule has 1 amide bonds. The molecule has 4 aromatic heterocycles. The zero-order chi connectivity index (χ0) is 19.5. The van der Waals surface area contributed by atoms with Crippen molar-refractivity contribution in [3.05, 3.63) is 57.1 Å². The summed E-state index contributed by atoms with van der Waals surface area (Å²) >= 11 is 2.81. The Morgan fingerprint density at radius 3 is 2.96 bits per heavy atom. The molecular formula is C19H18N4O3S2. The van der Waals surface area contributed by atoms with E-state index in [2.05, 4.69) is 15.0 Å². The molecule has 1 N–H and O–H groups in total. The van der Waals surface area contributed by atoms with Gasteiger partial charge >= 0.3 is 0 Å². The van der Waals surface area contributed by atoms with Gasteiger partial charge in [0.1, 0.15) is 10.5 Å². The van der Waals surface area contributed by atoms with Crippen molar-refractivity contribution in [1.29, 1.82) is 0 Å². The van der Waals surface area contributed by atoms with Crippen LogP contribution >= 0.6 is 22.7 Å². The summed E-state index contributed by atoms with van der Waals surface area (Å²) in [6.45, 7) is 2.86. The number of carbonyl (C=O) groups excluding carboxylic acids is 1. The molecule has 4 heterocycles. The van der Waals surface area contributed by atoms with Gasteiger partial charge in [0.15, 0.2) is 10.8 Å². The van der Waals surface area contributed by atoms with E-state index >= 15 is 0 Å². The topological polar surface area (TPSA) is 92.1 Å². The molecule has 0 aliphatic rings. The van der Waals surface area contributed by atoms with Crippen LogP contribution in [-0.4, -0.2) is 32.3 Å². The molecule has 0 bridgehead atoms. The summed E-state index contributed by atoms with van der Waals surface area (Å²) < 4.78 is 5.96. The van der Waals surface area contributed by atoms with Crippen molar-refractivity contribution >= 4 is 38.8 Å². The first-order valence-corrected chi connectivity index (χ1v) is 10.6. The van der Waals surface area contributed by atoms with E-state index in [4.69, 9.17) is 4.42 Å². The zero-order valence-electron chi connectivity index (χ0n) is 15.2. The lowest BCUT2D eigenvalue weighted by molar-refractivity contribution is -0.131. The fourth-order valence-corrected chi connectivity index (χ4v) is 4.42. The van der Waals surface area contributed by atoms with Gasteiger partial charge in [-0.25, -0.2) is 9.97 Å². The van der Waals surface area contributed by atoms with E-state index < -0.39 is 0 Å². The van der Waals surface area contributed by atoms with Crippen molar-refractivity contribution in [2.75, 3.05) is 6.54 Å². The van der Waals surface area contributed by atoms with Gasteiger partial charge < -0.3 is 14.3 Å². The van der Waals surface area contributed by atoms with Gasteiger partial charge in [0.05, 0.1) is 30.4 Å². The number of thiophene rings is 1. The van der Waals surface area contributed by atoms with E-state index in [-0.39, 0.29) is 24.4 Å². The number of amides is 1. The number of aromatic amines is 1. The molecule has 0 aliphatic carbocycles. The predicted octanol–water partition coefficient (Wildman–Crippen LogP) is 3.68. The molecule has 144 valence electrons. The fraction of sp³-hybridized carbons (Fsp3) is 0.263. The van der Waals surface area contributed by atoms with Crippen molar-refractivity contribution < 1.29 is 9.21 Å². The second-order valence-electron chi connectivity index (χ2n) is 6.26. The minimum atomic E-state index is -0.165. The van der Waals surface area contributed by atoms with Crippen LogP contribution in [0.1, 0.15) is 24.9 Å². The molecule has 0 saturated heterocycles. The van der Waals surface area contributed by atoms with Gasteiger partial charge in [-0.15, -0.1) is 22.7 Å². The first-order valence-electron chi connectivity index (χ1n) is 8.86. The quantitative estimate of drug-likeness (QED) is 0.498. The van der Waals surface area contributed by atoms with Gasteiger partial charge in [-0.3, -0.25) is 9.59 Å². The Morgan fingerprint density at radius 1 is 1.29 bits per heavy atom. The van der Waals surface area contributed by atoms with Crippen LogP contribution in [0.15, 0.2) is 44.4 Å². The van der Waals surface area contributed by atoms with Gasteiger partial charge in [-0.1, -0.05) is 6.92 Å². The SMILES string of the molecule is CCCN(Cc1nc2ccsc2c(=O)[nH]1)C(=O)Cc1csc(-c2ccco2)n1. The van der Waals surface area contributed by atoms with E-state index in [0.29, 0.717) is 34.0 Å². The minimum absolute atomic E-state index is 0.0498. The molecule has 0 aromatic carbocycles. The first-order chi connectivity index (χ1) is 13.6. The molecule has 4 rings (SSSR count). The lowest BCUT2D eigenvalue weighted by Gasteiger charge is -2.21. The van der Waals surface area contributed by atoms with Gasteiger partial charge in [0, 0.05) is 11.9 Å². The summed E-state index contributed by atoms with van der Waals surface area (Å²) in [5, 5.41) is 4.46. The molecule has 0 radical (unpaired) electrons. The minimum Gasteiger partial charge on any atom is -0.462 e. The molecule has 0 unspecified atom stereocenters. The number of thiazole rings is 1. The maximum Gasteiger partial charge on any atom is 0.268 e. The number of carbonyl (C=O) groups is 1. The summed E-state index contributed by atoms with van der Waals surface area (Å²) in [4.78, 5) is 38.5. The van der Waals surface area contributed by atoms with Crippen molar-refractivity contribution in [3.63, 3.8) is 0 Å². The number of hydrogen-bond donors (Lipinski definition) is 1. The maximum atomic E-state index is 12.9. The second-order valence-corrected chi connectivity index (χ2v) is 8.04. The smallest absolute Gasteiger partial charge is 0.268 e. The second kappa shape index (κ2) is 8.07. The first kappa shape index (κ1) is 18.6. The highest BCUT2D eigenvalue weighted by atomic mass is 32.1. The number of aromatic nitrogens is 3. The van der Waals surface area contributed by atoms with E-state index in [1.165, 1.54) is 22.7 Å². The number of furan rings is 1. The Bertz CT molecular complexity index is 1140. The molecule has 0 aliphatic heterocycles. The van der Waals surface area contributed by atoms with Crippen LogP contribution in [0.5, 0.6) is 0 Å². The average molecular weight is 415 g/mol. The van der Waals surface area contributed by atoms with E-state index in [9.17, 15) is 9.59 Å². The van der Waals surface area contributed by atoms with Crippen LogP contribution in [0.25, 0.3) is 21.0 Å². The Morgan fingerprint density at radius 2 is 2.18 bits per heavy atom. The molecule has 0 spiro atoms. The number of fused-ring (bicyclic) bond motifs is 1. The fourth-order valence-electron chi connectivity index (χ4n) is 2.91. The van der Waals surface area contributed by atoms with Crippen molar-refractivity contribution in [1.82, 2.24) is 19.9 Å². The van der Waals surface area contributed by atoms with Gasteiger partial charge in [0.2, 0.25) is 5.91 Å². The number of nitrogens with one attached hydrogen (secondary N) is 1. The maximum absolute atomic E-state index is 12.9. The summed E-state index contributed by atoms with van der Waals surface area (Å²) in [6.07, 6.45) is 2.61. The number of rotatable bonds is 7. The normalized spacial score (nSPS) is 11.2. The van der Waals surface area contributed by atoms with Gasteiger partial charge in [-0.2, -0.15) is 0 Å². The Kier molecular flexibility index (Phi) is 5.36. The molecule has 0 fully saturated rings. The lowest BCUT2D eigenvalue weighted by Crippen LogP contribution is -2.34. The predicted molar refractivity (Wildman–Crippen MR) is 109 cm³/mol. The third-order valence-corrected chi connectivity index (χ3v) is 5.97. The Balaban J connectivity index is 1.50. The molecule has 28 heavy (non-hydrogen) atoms. The molecule has 7 nitrogen and oxygen atoms in total. The van der Waals surface area contributed by atoms with E-state index in [1.807, 2.05) is 35.9 Å². The van der Waals surface area contributed by atoms with Crippen molar-refractivity contribution in [2.45, 2.75) is 26.3 Å². The Hall–Kier alpha value is -2.78. The van der Waals surface area contributed by atoms with E-state index in [1.54, 1.807) is 11.2 Å². The highest BCUT2D eigenvalue weighted by Gasteiger charge is 2.18. The average Bonchev–Trinajstić information content (AvgIpc) is 3.42. The molecule has 0 atom stereocenters. The molecule has 0 saturated carbocycles. The number of hydrogen-bond acceptors (Lipinski definition) is 7. The van der Waals surface area contributed by atoms with Crippen molar-refractivity contribution in [2.24, 2.45) is 0 Å². The summed E-state index contributed by atoms with van der Waals surface area (Å²) in [5.74, 6) is 1.14. The van der Waals surface area contributed by atoms with Gasteiger partial charge in [0.25, 0.3) is 5.56 Å². The van der Waals surface area contributed by atoms with Crippen LogP contribution in [-0.2, 0) is 17.8 Å². The zero-order valence-corrected chi connectivity index (χ0v) is 16.8. The molecular weight excluding hydrogens is 396 g/mol. The van der Waals surface area contributed by atoms with Crippen LogP contribution in [0.4, 0.5) is 0 Å². The Labute approximate surface area is 168 Å². The highest BCUT2D eigenvalue weighted by Crippen LogP contribution is 2.24. The summed E-state index contributed by atoms with van der Waals surface area (Å²) in [5.41, 5.74) is 1.20. The third-order valence-electron chi connectivity index (χ3n) is 4.17. The van der Waals surface area contributed by atoms with E-state index in [0.717, 1.165) is 11.4 Å². The highest BCUT2D eigenvalue weighted by molar-refractivity contribution is 7.17. The molecule has 4 aromatic rings. The summed E-state index contributed by atoms with van der Waals surface area (Å²) in [7, 11) is 0.